The van der Waals surface area contributed by atoms with E-state index in [-0.39, 0.29) is 0 Å². The molecule has 18 heavy (non-hydrogen) atoms. The summed E-state index contributed by atoms with van der Waals surface area (Å²) in [5.74, 6) is 1.73. The molecule has 4 nitrogen and oxygen atoms in total. The van der Waals surface area contributed by atoms with Crippen molar-refractivity contribution in [3.63, 3.8) is 0 Å². The summed E-state index contributed by atoms with van der Waals surface area (Å²) in [7, 11) is 2.13. The summed E-state index contributed by atoms with van der Waals surface area (Å²) in [6, 6.07) is 8.00. The molecule has 0 spiro atoms. The van der Waals surface area contributed by atoms with Gasteiger partial charge in [-0.15, -0.1) is 0 Å². The highest BCUT2D eigenvalue weighted by Gasteiger charge is 2.26. The number of hydrogen-bond donors (Lipinski definition) is 1. The second-order valence-electron chi connectivity index (χ2n) is 4.77. The Kier molecular flexibility index (Phi) is 2.87. The van der Waals surface area contributed by atoms with Crippen LogP contribution in [0.15, 0.2) is 33.3 Å². The van der Waals surface area contributed by atoms with Crippen molar-refractivity contribution in [2.45, 2.75) is 5.92 Å². The predicted octanol–water partition coefficient (Wildman–Crippen LogP) is 2.72. The number of nitrogens with two attached hydrogens (primary N) is 1. The Labute approximate surface area is 114 Å². The molecule has 0 aliphatic carbocycles. The summed E-state index contributed by atoms with van der Waals surface area (Å²) in [6.45, 7) is 2.24. The number of likely N-dealkylation sites (N-methyl/N-ethyl adjacent to an activating group) is 1. The number of rotatable bonds is 2. The molecule has 1 aromatic carbocycles. The molecular formula is C13H14BrN3O. The van der Waals surface area contributed by atoms with E-state index in [0.29, 0.717) is 17.5 Å². The quantitative estimate of drug-likeness (QED) is 0.927. The lowest BCUT2D eigenvalue weighted by atomic mass is 9.91. The van der Waals surface area contributed by atoms with Crippen LogP contribution in [0.1, 0.15) is 11.5 Å². The van der Waals surface area contributed by atoms with Gasteiger partial charge in [-0.1, -0.05) is 33.2 Å². The Morgan fingerprint density at radius 2 is 2.17 bits per heavy atom. The first-order chi connectivity index (χ1) is 8.63. The third-order valence-corrected chi connectivity index (χ3v) is 4.00. The van der Waals surface area contributed by atoms with Gasteiger partial charge in [0, 0.05) is 35.1 Å². The standard InChI is InChI=1S/C13H14BrN3O/c1-17-6-9(7-17)10-3-2-8(4-11(10)14)12-5-13(15)16-18-12/h2-5,9H,6-7H2,1H3,(H2,15,16). The second-order valence-corrected chi connectivity index (χ2v) is 5.62. The molecule has 2 heterocycles. The molecule has 1 aromatic heterocycles. The van der Waals surface area contributed by atoms with E-state index in [9.17, 15) is 0 Å². The number of benzene rings is 1. The molecule has 2 aromatic rings. The highest BCUT2D eigenvalue weighted by Crippen LogP contribution is 2.34. The van der Waals surface area contributed by atoms with Gasteiger partial charge in [-0.25, -0.2) is 0 Å². The van der Waals surface area contributed by atoms with Crippen LogP contribution in [0.5, 0.6) is 0 Å². The molecule has 0 amide bonds. The molecule has 1 fully saturated rings. The van der Waals surface area contributed by atoms with E-state index in [1.165, 1.54) is 5.56 Å². The first-order valence-electron chi connectivity index (χ1n) is 5.84. The van der Waals surface area contributed by atoms with Crippen molar-refractivity contribution in [3.05, 3.63) is 34.3 Å². The Balaban J connectivity index is 1.89. The third kappa shape index (κ3) is 2.04. The van der Waals surface area contributed by atoms with Crippen molar-refractivity contribution in [1.82, 2.24) is 10.1 Å². The van der Waals surface area contributed by atoms with Crippen molar-refractivity contribution in [3.8, 4) is 11.3 Å². The van der Waals surface area contributed by atoms with Gasteiger partial charge in [0.1, 0.15) is 0 Å². The average molecular weight is 308 g/mol. The maximum absolute atomic E-state index is 5.56. The number of nitrogens with zero attached hydrogens (tertiary/aromatic N) is 2. The summed E-state index contributed by atoms with van der Waals surface area (Å²) in [6.07, 6.45) is 0. The van der Waals surface area contributed by atoms with Crippen LogP contribution in [0.4, 0.5) is 5.82 Å². The summed E-state index contributed by atoms with van der Waals surface area (Å²) in [5.41, 5.74) is 7.90. The molecule has 3 rings (SSSR count). The monoisotopic (exact) mass is 307 g/mol. The van der Waals surface area contributed by atoms with Gasteiger partial charge >= 0.3 is 0 Å². The lowest BCUT2D eigenvalue weighted by molar-refractivity contribution is 0.189. The maximum atomic E-state index is 5.56. The lowest BCUT2D eigenvalue weighted by Crippen LogP contribution is -2.41. The highest BCUT2D eigenvalue weighted by molar-refractivity contribution is 9.10. The average Bonchev–Trinajstić information content (AvgIpc) is 2.72. The molecule has 0 saturated carbocycles. The van der Waals surface area contributed by atoms with E-state index in [1.807, 2.05) is 0 Å². The van der Waals surface area contributed by atoms with Gasteiger partial charge in [0.25, 0.3) is 0 Å². The smallest absolute Gasteiger partial charge is 0.169 e. The minimum atomic E-state index is 0.408. The zero-order chi connectivity index (χ0) is 12.7. The second kappa shape index (κ2) is 4.40. The molecule has 2 N–H and O–H groups in total. The number of nitrogen functional groups attached to an aromatic ring is 1. The van der Waals surface area contributed by atoms with Crippen molar-refractivity contribution in [2.75, 3.05) is 25.9 Å². The fourth-order valence-electron chi connectivity index (χ4n) is 2.33. The Bertz CT molecular complexity index is 575. The Hall–Kier alpha value is -1.33. The van der Waals surface area contributed by atoms with Crippen molar-refractivity contribution in [2.24, 2.45) is 0 Å². The number of anilines is 1. The molecule has 0 unspecified atom stereocenters. The van der Waals surface area contributed by atoms with Gasteiger partial charge in [0.2, 0.25) is 0 Å². The number of aromatic nitrogens is 1. The molecule has 1 saturated heterocycles. The van der Waals surface area contributed by atoms with Crippen molar-refractivity contribution >= 4 is 21.7 Å². The molecule has 0 bridgehead atoms. The minimum absolute atomic E-state index is 0.408. The molecule has 1 aliphatic rings. The van der Waals surface area contributed by atoms with Crippen LogP contribution in [0.3, 0.4) is 0 Å². The van der Waals surface area contributed by atoms with Crippen LogP contribution in [0.2, 0.25) is 0 Å². The molecule has 0 atom stereocenters. The molecule has 0 radical (unpaired) electrons. The highest BCUT2D eigenvalue weighted by atomic mass is 79.9. The minimum Gasteiger partial charge on any atom is -0.381 e. The fourth-order valence-corrected chi connectivity index (χ4v) is 3.03. The summed E-state index contributed by atoms with van der Waals surface area (Å²) in [5, 5.41) is 3.70. The number of halogens is 1. The van der Waals surface area contributed by atoms with Gasteiger partial charge in [-0.2, -0.15) is 0 Å². The van der Waals surface area contributed by atoms with E-state index < -0.39 is 0 Å². The fraction of sp³-hybridized carbons (Fsp3) is 0.308. The van der Waals surface area contributed by atoms with E-state index in [2.05, 4.69) is 51.2 Å². The summed E-state index contributed by atoms with van der Waals surface area (Å²) < 4.78 is 6.28. The van der Waals surface area contributed by atoms with Crippen LogP contribution < -0.4 is 5.73 Å². The first-order valence-corrected chi connectivity index (χ1v) is 6.63. The predicted molar refractivity (Wildman–Crippen MR) is 74.3 cm³/mol. The molecule has 94 valence electrons. The summed E-state index contributed by atoms with van der Waals surface area (Å²) >= 11 is 3.63. The van der Waals surface area contributed by atoms with Crippen molar-refractivity contribution < 1.29 is 4.52 Å². The largest absolute Gasteiger partial charge is 0.381 e. The van der Waals surface area contributed by atoms with Crippen LogP contribution in [-0.2, 0) is 0 Å². The lowest BCUT2D eigenvalue weighted by Gasteiger charge is -2.37. The molecular weight excluding hydrogens is 294 g/mol. The normalized spacial score (nSPS) is 16.8. The topological polar surface area (TPSA) is 55.3 Å². The SMILES string of the molecule is CN1CC(c2ccc(-c3cc(N)no3)cc2Br)C1. The van der Waals surface area contributed by atoms with Gasteiger partial charge in [-0.3, -0.25) is 0 Å². The van der Waals surface area contributed by atoms with Crippen LogP contribution >= 0.6 is 15.9 Å². The summed E-state index contributed by atoms with van der Waals surface area (Å²) in [4.78, 5) is 2.31. The van der Waals surface area contributed by atoms with Gasteiger partial charge < -0.3 is 15.2 Å². The van der Waals surface area contributed by atoms with Crippen molar-refractivity contribution in [1.29, 1.82) is 0 Å². The van der Waals surface area contributed by atoms with E-state index in [0.717, 1.165) is 23.1 Å². The molecule has 1 aliphatic heterocycles. The van der Waals surface area contributed by atoms with Gasteiger partial charge in [0.05, 0.1) is 0 Å². The first kappa shape index (κ1) is 11.7. The van der Waals surface area contributed by atoms with E-state index in [4.69, 9.17) is 10.3 Å². The Morgan fingerprint density at radius 3 is 2.72 bits per heavy atom. The number of hydrogen-bond acceptors (Lipinski definition) is 4. The van der Waals surface area contributed by atoms with Gasteiger partial charge in [0.15, 0.2) is 11.6 Å². The van der Waals surface area contributed by atoms with Crippen LogP contribution in [0.25, 0.3) is 11.3 Å². The maximum Gasteiger partial charge on any atom is 0.169 e. The third-order valence-electron chi connectivity index (χ3n) is 3.32. The zero-order valence-electron chi connectivity index (χ0n) is 10.1. The van der Waals surface area contributed by atoms with E-state index in [1.54, 1.807) is 6.07 Å². The van der Waals surface area contributed by atoms with Crippen LogP contribution in [0, 0.1) is 0 Å². The number of likely N-dealkylation sites (tertiary alicyclic amines) is 1. The zero-order valence-corrected chi connectivity index (χ0v) is 11.6. The van der Waals surface area contributed by atoms with E-state index >= 15 is 0 Å². The van der Waals surface area contributed by atoms with Crippen LogP contribution in [-0.4, -0.2) is 30.2 Å². The van der Waals surface area contributed by atoms with Gasteiger partial charge in [-0.05, 0) is 18.7 Å². The Morgan fingerprint density at radius 1 is 1.39 bits per heavy atom. The molecule has 5 heteroatoms.